The van der Waals surface area contributed by atoms with Gasteiger partial charge in [0, 0.05) is 29.9 Å². The van der Waals surface area contributed by atoms with E-state index in [0.717, 1.165) is 28.6 Å². The summed E-state index contributed by atoms with van der Waals surface area (Å²) in [5.74, 6) is -0.0698. The molecular weight excluding hydrogens is 346 g/mol. The lowest BCUT2D eigenvalue weighted by atomic mass is 9.96. The van der Waals surface area contributed by atoms with E-state index in [9.17, 15) is 9.59 Å². The van der Waals surface area contributed by atoms with Gasteiger partial charge in [-0.05, 0) is 24.5 Å². The Hall–Kier alpha value is -1.53. The molecule has 0 radical (unpaired) electrons. The number of rotatable bonds is 5. The van der Waals surface area contributed by atoms with Crippen molar-refractivity contribution in [3.05, 3.63) is 34.9 Å². The maximum atomic E-state index is 12.3. The zero-order valence-corrected chi connectivity index (χ0v) is 14.7. The van der Waals surface area contributed by atoms with Crippen LogP contribution in [0, 0.1) is 0 Å². The molecule has 1 N–H and O–H groups in total. The Morgan fingerprint density at radius 1 is 1.42 bits per heavy atom. The van der Waals surface area contributed by atoms with Crippen LogP contribution in [0.1, 0.15) is 24.8 Å². The van der Waals surface area contributed by atoms with Gasteiger partial charge in [0.1, 0.15) is 5.25 Å². The molecule has 0 unspecified atom stereocenters. The van der Waals surface area contributed by atoms with Crippen LogP contribution in [0.15, 0.2) is 29.3 Å². The second-order valence-corrected chi connectivity index (χ2v) is 8.08. The number of amidine groups is 1. The molecule has 1 aliphatic carbocycles. The third-order valence-electron chi connectivity index (χ3n) is 4.88. The summed E-state index contributed by atoms with van der Waals surface area (Å²) < 4.78 is 0. The van der Waals surface area contributed by atoms with Crippen molar-refractivity contribution in [2.45, 2.75) is 29.9 Å². The summed E-state index contributed by atoms with van der Waals surface area (Å²) >= 11 is 7.71. The third kappa shape index (κ3) is 2.82. The number of thioether (sulfide) groups is 1. The molecule has 2 amide bonds. The Kier molecular flexibility index (Phi) is 4.04. The van der Waals surface area contributed by atoms with Gasteiger partial charge in [-0.15, -0.1) is 0 Å². The minimum Gasteiger partial charge on any atom is -0.355 e. The van der Waals surface area contributed by atoms with Gasteiger partial charge in [0.25, 0.3) is 0 Å². The quantitative estimate of drug-likeness (QED) is 0.872. The highest BCUT2D eigenvalue weighted by atomic mass is 35.5. The maximum Gasteiger partial charge on any atom is 0.242 e. The van der Waals surface area contributed by atoms with Gasteiger partial charge in [-0.3, -0.25) is 19.5 Å². The highest BCUT2D eigenvalue weighted by Gasteiger charge is 2.46. The lowest BCUT2D eigenvalue weighted by Gasteiger charge is -2.18. The van der Waals surface area contributed by atoms with Crippen molar-refractivity contribution in [1.29, 1.82) is 0 Å². The summed E-state index contributed by atoms with van der Waals surface area (Å²) in [5.41, 5.74) is 1.07. The predicted octanol–water partition coefficient (Wildman–Crippen LogP) is 2.19. The van der Waals surface area contributed by atoms with E-state index in [1.807, 2.05) is 24.3 Å². The molecule has 0 aromatic heterocycles. The van der Waals surface area contributed by atoms with E-state index < -0.39 is 0 Å². The van der Waals surface area contributed by atoms with Crippen molar-refractivity contribution in [3.63, 3.8) is 0 Å². The van der Waals surface area contributed by atoms with Crippen LogP contribution in [0.5, 0.6) is 0 Å². The summed E-state index contributed by atoms with van der Waals surface area (Å²) in [4.78, 5) is 30.5. The average Bonchev–Trinajstić information content (AvgIpc) is 3.12. The normalized spacial score (nSPS) is 23.9. The fourth-order valence-electron chi connectivity index (χ4n) is 3.30. The summed E-state index contributed by atoms with van der Waals surface area (Å²) in [6.07, 6.45) is 2.26. The molecule has 1 saturated heterocycles. The van der Waals surface area contributed by atoms with Crippen molar-refractivity contribution in [1.82, 2.24) is 10.2 Å². The van der Waals surface area contributed by atoms with Crippen molar-refractivity contribution in [3.8, 4) is 0 Å². The van der Waals surface area contributed by atoms with E-state index in [1.54, 1.807) is 4.90 Å². The molecule has 0 spiro atoms. The fraction of sp³-hybridized carbons (Fsp3) is 0.471. The summed E-state index contributed by atoms with van der Waals surface area (Å²) in [6.45, 7) is 1.90. The molecule has 24 heavy (non-hydrogen) atoms. The lowest BCUT2D eigenvalue weighted by Crippen LogP contribution is -2.36. The Labute approximate surface area is 149 Å². The minimum atomic E-state index is -0.334. The lowest BCUT2D eigenvalue weighted by molar-refractivity contribution is -0.129. The second-order valence-electron chi connectivity index (χ2n) is 6.50. The second kappa shape index (κ2) is 6.08. The number of nitrogens with zero attached hydrogens (tertiary/aromatic N) is 2. The molecule has 7 heteroatoms. The molecule has 126 valence electrons. The van der Waals surface area contributed by atoms with Crippen LogP contribution in [-0.4, -0.2) is 46.8 Å². The first-order valence-electron chi connectivity index (χ1n) is 8.13. The van der Waals surface area contributed by atoms with Gasteiger partial charge in [0.2, 0.25) is 11.8 Å². The Balaban J connectivity index is 1.34. The average molecular weight is 364 g/mol. The summed E-state index contributed by atoms with van der Waals surface area (Å²) in [6, 6.07) is 7.81. The standard InChI is InChI=1S/C17H18ClN3O2S/c18-12-4-2-1-3-11(12)17(5-6-17)10-20-14(22)9-13-15(23)21-8-7-19-16(21)24-13/h1-4,13H,5-10H2,(H,20,22)/t13-/m0/s1. The topological polar surface area (TPSA) is 61.8 Å². The van der Waals surface area contributed by atoms with Gasteiger partial charge in [0.05, 0.1) is 6.54 Å². The molecule has 2 aliphatic heterocycles. The summed E-state index contributed by atoms with van der Waals surface area (Å²) in [7, 11) is 0. The van der Waals surface area contributed by atoms with Gasteiger partial charge >= 0.3 is 0 Å². The monoisotopic (exact) mass is 363 g/mol. The van der Waals surface area contributed by atoms with Crippen LogP contribution in [0.2, 0.25) is 5.02 Å². The Bertz CT molecular complexity index is 732. The molecule has 2 fully saturated rings. The van der Waals surface area contributed by atoms with Gasteiger partial charge < -0.3 is 5.32 Å². The van der Waals surface area contributed by atoms with E-state index in [0.29, 0.717) is 19.6 Å². The van der Waals surface area contributed by atoms with E-state index in [-0.39, 0.29) is 28.9 Å². The SMILES string of the molecule is O=C(C[C@@H]1SC2=NCCN2C1=O)NCC1(c2ccccc2Cl)CC1. The number of hydrogen-bond acceptors (Lipinski definition) is 4. The molecule has 3 aliphatic rings. The largest absolute Gasteiger partial charge is 0.355 e. The number of nitrogens with one attached hydrogen (secondary N) is 1. The van der Waals surface area contributed by atoms with Crippen LogP contribution in [0.25, 0.3) is 0 Å². The molecule has 1 atom stereocenters. The molecule has 0 bridgehead atoms. The van der Waals surface area contributed by atoms with Crippen LogP contribution < -0.4 is 5.32 Å². The molecule has 1 saturated carbocycles. The van der Waals surface area contributed by atoms with E-state index >= 15 is 0 Å². The first kappa shape index (κ1) is 16.0. The number of benzene rings is 1. The van der Waals surface area contributed by atoms with Crippen LogP contribution in [0.3, 0.4) is 0 Å². The van der Waals surface area contributed by atoms with Crippen molar-refractivity contribution in [2.75, 3.05) is 19.6 Å². The van der Waals surface area contributed by atoms with Crippen molar-refractivity contribution >= 4 is 40.3 Å². The molecular formula is C17H18ClN3O2S. The number of amides is 2. The maximum absolute atomic E-state index is 12.3. The summed E-state index contributed by atoms with van der Waals surface area (Å²) in [5, 5.41) is 4.19. The minimum absolute atomic E-state index is 0.0126. The van der Waals surface area contributed by atoms with E-state index in [2.05, 4.69) is 10.3 Å². The predicted molar refractivity (Wildman–Crippen MR) is 95.4 cm³/mol. The Morgan fingerprint density at radius 3 is 2.92 bits per heavy atom. The molecule has 4 rings (SSSR count). The molecule has 2 heterocycles. The van der Waals surface area contributed by atoms with Crippen LogP contribution >= 0.6 is 23.4 Å². The molecule has 1 aromatic rings. The van der Waals surface area contributed by atoms with E-state index in [1.165, 1.54) is 11.8 Å². The van der Waals surface area contributed by atoms with Crippen molar-refractivity contribution in [2.24, 2.45) is 4.99 Å². The number of carbonyl (C=O) groups excluding carboxylic acids is 2. The fourth-order valence-corrected chi connectivity index (χ4v) is 4.83. The first-order chi connectivity index (χ1) is 11.6. The zero-order valence-electron chi connectivity index (χ0n) is 13.1. The number of halogens is 1. The van der Waals surface area contributed by atoms with Crippen molar-refractivity contribution < 1.29 is 9.59 Å². The highest BCUT2D eigenvalue weighted by molar-refractivity contribution is 8.15. The molecule has 1 aromatic carbocycles. The van der Waals surface area contributed by atoms with Gasteiger partial charge in [-0.2, -0.15) is 0 Å². The van der Waals surface area contributed by atoms with Crippen LogP contribution in [0.4, 0.5) is 0 Å². The first-order valence-corrected chi connectivity index (χ1v) is 9.39. The van der Waals surface area contributed by atoms with Crippen LogP contribution in [-0.2, 0) is 15.0 Å². The molecule has 5 nitrogen and oxygen atoms in total. The van der Waals surface area contributed by atoms with Gasteiger partial charge in [-0.25, -0.2) is 0 Å². The highest BCUT2D eigenvalue weighted by Crippen LogP contribution is 2.49. The van der Waals surface area contributed by atoms with Gasteiger partial charge in [0.15, 0.2) is 5.17 Å². The third-order valence-corrected chi connectivity index (χ3v) is 6.43. The number of aliphatic imine (C=N–C) groups is 1. The Morgan fingerprint density at radius 2 is 2.21 bits per heavy atom. The van der Waals surface area contributed by atoms with E-state index in [4.69, 9.17) is 11.6 Å². The zero-order chi connectivity index (χ0) is 16.7. The smallest absolute Gasteiger partial charge is 0.242 e. The number of fused-ring (bicyclic) bond motifs is 1. The number of hydrogen-bond donors (Lipinski definition) is 1. The number of carbonyl (C=O) groups is 2. The van der Waals surface area contributed by atoms with Gasteiger partial charge in [-0.1, -0.05) is 41.6 Å².